The van der Waals surface area contributed by atoms with E-state index in [0.29, 0.717) is 11.3 Å². The van der Waals surface area contributed by atoms with Crippen molar-refractivity contribution in [3.05, 3.63) is 90.0 Å². The van der Waals surface area contributed by atoms with Crippen LogP contribution in [0.2, 0.25) is 0 Å². The van der Waals surface area contributed by atoms with Gasteiger partial charge in [0.15, 0.2) is 0 Å². The zero-order valence-corrected chi connectivity index (χ0v) is 13.7. The predicted octanol–water partition coefficient (Wildman–Crippen LogP) is 5.53. The highest BCUT2D eigenvalue weighted by Gasteiger charge is 2.08. The topological polar surface area (TPSA) is 26.3 Å². The zero-order chi connectivity index (χ0) is 16.8. The zero-order valence-electron chi connectivity index (χ0n) is 13.7. The van der Waals surface area contributed by atoms with Crippen LogP contribution in [0.3, 0.4) is 0 Å². The summed E-state index contributed by atoms with van der Waals surface area (Å²) in [6.07, 6.45) is 2.12. The highest BCUT2D eigenvalue weighted by atomic mass is 16.5. The van der Waals surface area contributed by atoms with Gasteiger partial charge in [0.1, 0.15) is 5.75 Å². The van der Waals surface area contributed by atoms with E-state index in [1.807, 2.05) is 66.7 Å². The van der Waals surface area contributed by atoms with Crippen molar-refractivity contribution < 1.29 is 9.53 Å². The van der Waals surface area contributed by atoms with Gasteiger partial charge in [-0.3, -0.25) is 0 Å². The molecule has 3 rings (SSSR count). The minimum atomic E-state index is -0.328. The smallest absolute Gasteiger partial charge is 0.343 e. The van der Waals surface area contributed by atoms with Gasteiger partial charge in [-0.1, -0.05) is 67.9 Å². The van der Waals surface area contributed by atoms with Crippen molar-refractivity contribution in [3.8, 4) is 16.9 Å². The van der Waals surface area contributed by atoms with Gasteiger partial charge in [0.2, 0.25) is 0 Å². The third-order valence-electron chi connectivity index (χ3n) is 3.90. The number of hydrogen-bond acceptors (Lipinski definition) is 2. The summed E-state index contributed by atoms with van der Waals surface area (Å²) in [5, 5.41) is 0. The summed E-state index contributed by atoms with van der Waals surface area (Å²) in [7, 11) is 0. The second-order valence-electron chi connectivity index (χ2n) is 5.73. The molecule has 2 heteroatoms. The largest absolute Gasteiger partial charge is 0.423 e. The molecule has 0 atom stereocenters. The molecule has 0 saturated carbocycles. The van der Waals surface area contributed by atoms with E-state index in [1.54, 1.807) is 0 Å². The van der Waals surface area contributed by atoms with Gasteiger partial charge in [0.05, 0.1) is 5.56 Å². The molecule has 120 valence electrons. The fraction of sp³-hybridized carbons (Fsp3) is 0.136. The number of hydrogen-bond donors (Lipinski definition) is 0. The Morgan fingerprint density at radius 2 is 1.42 bits per heavy atom. The molecule has 24 heavy (non-hydrogen) atoms. The van der Waals surface area contributed by atoms with E-state index in [-0.39, 0.29) is 5.97 Å². The molecule has 0 aliphatic carbocycles. The number of ether oxygens (including phenoxy) is 1. The van der Waals surface area contributed by atoms with E-state index in [0.717, 1.165) is 24.0 Å². The van der Waals surface area contributed by atoms with Crippen molar-refractivity contribution >= 4 is 5.97 Å². The second-order valence-corrected chi connectivity index (χ2v) is 5.73. The highest BCUT2D eigenvalue weighted by molar-refractivity contribution is 5.91. The van der Waals surface area contributed by atoms with E-state index in [4.69, 9.17) is 4.74 Å². The van der Waals surface area contributed by atoms with Crippen LogP contribution in [0.1, 0.15) is 29.3 Å². The maximum Gasteiger partial charge on any atom is 0.343 e. The van der Waals surface area contributed by atoms with Crippen LogP contribution in [0.15, 0.2) is 78.9 Å². The molecule has 0 aliphatic rings. The summed E-state index contributed by atoms with van der Waals surface area (Å²) < 4.78 is 5.45. The standard InChI is InChI=1S/C22H20O2/c1-2-6-17-9-11-20(12-10-17)22(23)24-21-15-13-19(14-16-21)18-7-4-3-5-8-18/h3-5,7-16H,2,6H2,1H3. The van der Waals surface area contributed by atoms with E-state index < -0.39 is 0 Å². The lowest BCUT2D eigenvalue weighted by Gasteiger charge is -2.07. The van der Waals surface area contributed by atoms with Gasteiger partial charge in [0, 0.05) is 0 Å². The Balaban J connectivity index is 1.68. The van der Waals surface area contributed by atoms with E-state index >= 15 is 0 Å². The number of benzene rings is 3. The average molecular weight is 316 g/mol. The molecule has 0 heterocycles. The quantitative estimate of drug-likeness (QED) is 0.457. The van der Waals surface area contributed by atoms with E-state index in [1.165, 1.54) is 5.56 Å². The molecule has 3 aromatic rings. The van der Waals surface area contributed by atoms with Crippen molar-refractivity contribution in [2.24, 2.45) is 0 Å². The molecule has 0 aliphatic heterocycles. The maximum atomic E-state index is 12.2. The fourth-order valence-electron chi connectivity index (χ4n) is 2.61. The first-order valence-electron chi connectivity index (χ1n) is 8.23. The SMILES string of the molecule is CCCc1ccc(C(=O)Oc2ccc(-c3ccccc3)cc2)cc1. The molecular formula is C22H20O2. The highest BCUT2D eigenvalue weighted by Crippen LogP contribution is 2.22. The maximum absolute atomic E-state index is 12.2. The van der Waals surface area contributed by atoms with Gasteiger partial charge in [-0.15, -0.1) is 0 Å². The lowest BCUT2D eigenvalue weighted by Crippen LogP contribution is -2.08. The first kappa shape index (κ1) is 16.0. The van der Waals surface area contributed by atoms with E-state index in [2.05, 4.69) is 19.1 Å². The van der Waals surface area contributed by atoms with Crippen molar-refractivity contribution in [3.63, 3.8) is 0 Å². The lowest BCUT2D eigenvalue weighted by molar-refractivity contribution is 0.0735. The summed E-state index contributed by atoms with van der Waals surface area (Å²) in [5.41, 5.74) is 4.05. The molecule has 2 nitrogen and oxygen atoms in total. The van der Waals surface area contributed by atoms with Crippen molar-refractivity contribution in [2.45, 2.75) is 19.8 Å². The van der Waals surface area contributed by atoms with Crippen molar-refractivity contribution in [1.29, 1.82) is 0 Å². The predicted molar refractivity (Wildman–Crippen MR) is 97.3 cm³/mol. The van der Waals surface area contributed by atoms with Gasteiger partial charge in [-0.25, -0.2) is 4.79 Å². The monoisotopic (exact) mass is 316 g/mol. The first-order chi connectivity index (χ1) is 11.8. The van der Waals surface area contributed by atoms with Crippen LogP contribution in [-0.4, -0.2) is 5.97 Å². The van der Waals surface area contributed by atoms with Crippen LogP contribution < -0.4 is 4.74 Å². The molecule has 0 N–H and O–H groups in total. The summed E-state index contributed by atoms with van der Waals surface area (Å²) in [6, 6.07) is 25.3. The number of aryl methyl sites for hydroxylation is 1. The number of esters is 1. The Morgan fingerprint density at radius 1 is 0.792 bits per heavy atom. The molecule has 0 radical (unpaired) electrons. The van der Waals surface area contributed by atoms with Crippen molar-refractivity contribution in [1.82, 2.24) is 0 Å². The first-order valence-corrected chi connectivity index (χ1v) is 8.23. The molecule has 0 amide bonds. The Morgan fingerprint density at radius 3 is 2.04 bits per heavy atom. The Hall–Kier alpha value is -2.87. The Labute approximate surface area is 142 Å². The van der Waals surface area contributed by atoms with Crippen LogP contribution in [-0.2, 0) is 6.42 Å². The Bertz CT molecular complexity index is 788. The van der Waals surface area contributed by atoms with Gasteiger partial charge >= 0.3 is 5.97 Å². The third-order valence-corrected chi connectivity index (χ3v) is 3.90. The molecule has 0 saturated heterocycles. The normalized spacial score (nSPS) is 10.4. The fourth-order valence-corrected chi connectivity index (χ4v) is 2.61. The van der Waals surface area contributed by atoms with Crippen LogP contribution in [0.25, 0.3) is 11.1 Å². The van der Waals surface area contributed by atoms with Crippen LogP contribution in [0.5, 0.6) is 5.75 Å². The molecule has 0 fully saturated rings. The van der Waals surface area contributed by atoms with E-state index in [9.17, 15) is 4.79 Å². The van der Waals surface area contributed by atoms with Gasteiger partial charge in [0.25, 0.3) is 0 Å². The van der Waals surface area contributed by atoms with Crippen LogP contribution in [0, 0.1) is 0 Å². The van der Waals surface area contributed by atoms with Crippen LogP contribution >= 0.6 is 0 Å². The summed E-state index contributed by atoms with van der Waals surface area (Å²) in [6.45, 7) is 2.14. The van der Waals surface area contributed by atoms with Gasteiger partial charge < -0.3 is 4.74 Å². The summed E-state index contributed by atoms with van der Waals surface area (Å²) in [4.78, 5) is 12.2. The number of carbonyl (C=O) groups excluding carboxylic acids is 1. The van der Waals surface area contributed by atoms with Crippen LogP contribution in [0.4, 0.5) is 0 Å². The second kappa shape index (κ2) is 7.60. The number of carbonyl (C=O) groups is 1. The lowest BCUT2D eigenvalue weighted by atomic mass is 10.1. The van der Waals surface area contributed by atoms with Crippen molar-refractivity contribution in [2.75, 3.05) is 0 Å². The van der Waals surface area contributed by atoms with Gasteiger partial charge in [-0.2, -0.15) is 0 Å². The molecule has 0 unspecified atom stereocenters. The summed E-state index contributed by atoms with van der Waals surface area (Å²) >= 11 is 0. The minimum absolute atomic E-state index is 0.328. The molecule has 0 spiro atoms. The minimum Gasteiger partial charge on any atom is -0.423 e. The average Bonchev–Trinajstić information content (AvgIpc) is 2.64. The Kier molecular flexibility index (Phi) is 5.07. The summed E-state index contributed by atoms with van der Waals surface area (Å²) in [5.74, 6) is 0.225. The molecule has 0 bridgehead atoms. The molecule has 3 aromatic carbocycles. The number of rotatable bonds is 5. The molecule has 0 aromatic heterocycles. The molecular weight excluding hydrogens is 296 g/mol. The third kappa shape index (κ3) is 3.90. The van der Waals surface area contributed by atoms with Gasteiger partial charge in [-0.05, 0) is 47.4 Å².